The highest BCUT2D eigenvalue weighted by molar-refractivity contribution is 5.47. The molecule has 2 aromatic carbocycles. The maximum atomic E-state index is 5.73. The molecular formula is C16H19NO2. The van der Waals surface area contributed by atoms with E-state index in [1.165, 1.54) is 0 Å². The summed E-state index contributed by atoms with van der Waals surface area (Å²) >= 11 is 0. The zero-order valence-electron chi connectivity index (χ0n) is 11.3. The number of rotatable bonds is 6. The predicted molar refractivity (Wildman–Crippen MR) is 77.9 cm³/mol. The fraction of sp³-hybridized carbons (Fsp3) is 0.250. The summed E-state index contributed by atoms with van der Waals surface area (Å²) in [4.78, 5) is 0. The summed E-state index contributed by atoms with van der Waals surface area (Å²) in [5.41, 5.74) is 1.06. The van der Waals surface area contributed by atoms with Crippen molar-refractivity contribution in [2.24, 2.45) is 0 Å². The van der Waals surface area contributed by atoms with Crippen LogP contribution in [0.25, 0.3) is 0 Å². The Morgan fingerprint density at radius 3 is 2.21 bits per heavy atom. The number of anilines is 1. The van der Waals surface area contributed by atoms with Crippen LogP contribution in [-0.2, 0) is 4.74 Å². The minimum atomic E-state index is 0.283. The molecule has 0 saturated heterocycles. The summed E-state index contributed by atoms with van der Waals surface area (Å²) in [5.74, 6) is 1.67. The van der Waals surface area contributed by atoms with E-state index in [0.29, 0.717) is 6.61 Å². The molecule has 1 unspecified atom stereocenters. The van der Waals surface area contributed by atoms with Gasteiger partial charge in [-0.05, 0) is 43.3 Å². The van der Waals surface area contributed by atoms with Gasteiger partial charge in [-0.2, -0.15) is 0 Å². The van der Waals surface area contributed by atoms with Crippen molar-refractivity contribution in [1.29, 1.82) is 0 Å². The van der Waals surface area contributed by atoms with Crippen LogP contribution in [0.2, 0.25) is 0 Å². The Morgan fingerprint density at radius 1 is 0.947 bits per heavy atom. The summed E-state index contributed by atoms with van der Waals surface area (Å²) in [6.45, 7) is 2.76. The van der Waals surface area contributed by atoms with Crippen LogP contribution >= 0.6 is 0 Å². The number of ether oxygens (including phenoxy) is 2. The first-order chi connectivity index (χ1) is 9.28. The van der Waals surface area contributed by atoms with Gasteiger partial charge in [0.25, 0.3) is 0 Å². The van der Waals surface area contributed by atoms with E-state index in [4.69, 9.17) is 9.47 Å². The Labute approximate surface area is 114 Å². The number of hydrogen-bond donors (Lipinski definition) is 1. The van der Waals surface area contributed by atoms with E-state index in [-0.39, 0.29) is 6.04 Å². The Balaban J connectivity index is 1.95. The number of hydrogen-bond acceptors (Lipinski definition) is 3. The molecule has 19 heavy (non-hydrogen) atoms. The van der Waals surface area contributed by atoms with Gasteiger partial charge in [-0.3, -0.25) is 0 Å². The molecular weight excluding hydrogens is 238 g/mol. The second kappa shape index (κ2) is 6.81. The lowest BCUT2D eigenvalue weighted by Crippen LogP contribution is -2.20. The first-order valence-corrected chi connectivity index (χ1v) is 6.36. The highest BCUT2D eigenvalue weighted by atomic mass is 16.5. The number of benzene rings is 2. The SMILES string of the molecule is COCC(C)Nc1ccc(Oc2ccccc2)cc1. The molecule has 0 aromatic heterocycles. The molecule has 1 N–H and O–H groups in total. The van der Waals surface area contributed by atoms with Crippen molar-refractivity contribution >= 4 is 5.69 Å². The molecule has 0 aliphatic heterocycles. The van der Waals surface area contributed by atoms with Crippen LogP contribution < -0.4 is 10.1 Å². The van der Waals surface area contributed by atoms with Crippen LogP contribution in [0.5, 0.6) is 11.5 Å². The molecule has 2 aromatic rings. The van der Waals surface area contributed by atoms with Gasteiger partial charge in [0.1, 0.15) is 11.5 Å². The smallest absolute Gasteiger partial charge is 0.127 e. The normalized spacial score (nSPS) is 11.9. The van der Waals surface area contributed by atoms with Gasteiger partial charge in [-0.25, -0.2) is 0 Å². The topological polar surface area (TPSA) is 30.5 Å². The molecule has 3 nitrogen and oxygen atoms in total. The quantitative estimate of drug-likeness (QED) is 0.850. The van der Waals surface area contributed by atoms with Crippen LogP contribution in [0, 0.1) is 0 Å². The van der Waals surface area contributed by atoms with E-state index >= 15 is 0 Å². The maximum Gasteiger partial charge on any atom is 0.127 e. The van der Waals surface area contributed by atoms with Gasteiger partial charge < -0.3 is 14.8 Å². The van der Waals surface area contributed by atoms with E-state index in [2.05, 4.69) is 12.2 Å². The average Bonchev–Trinajstić information content (AvgIpc) is 2.42. The van der Waals surface area contributed by atoms with Crippen LogP contribution in [0.1, 0.15) is 6.92 Å². The second-order valence-corrected chi connectivity index (χ2v) is 4.44. The fourth-order valence-electron chi connectivity index (χ4n) is 1.82. The van der Waals surface area contributed by atoms with Crippen LogP contribution in [0.15, 0.2) is 54.6 Å². The summed E-state index contributed by atoms with van der Waals surface area (Å²) in [6.07, 6.45) is 0. The van der Waals surface area contributed by atoms with Crippen molar-refractivity contribution < 1.29 is 9.47 Å². The summed E-state index contributed by atoms with van der Waals surface area (Å²) < 4.78 is 10.8. The van der Waals surface area contributed by atoms with Gasteiger partial charge in [0.05, 0.1) is 6.61 Å². The average molecular weight is 257 g/mol. The largest absolute Gasteiger partial charge is 0.457 e. The van der Waals surface area contributed by atoms with Crippen molar-refractivity contribution in [2.45, 2.75) is 13.0 Å². The molecule has 0 heterocycles. The lowest BCUT2D eigenvalue weighted by Gasteiger charge is -2.14. The Kier molecular flexibility index (Phi) is 4.81. The molecule has 0 bridgehead atoms. The summed E-state index contributed by atoms with van der Waals surface area (Å²) in [5, 5.41) is 3.35. The van der Waals surface area contributed by atoms with Crippen molar-refractivity contribution in [3.8, 4) is 11.5 Å². The molecule has 2 rings (SSSR count). The zero-order valence-corrected chi connectivity index (χ0v) is 11.3. The predicted octanol–water partition coefficient (Wildman–Crippen LogP) is 3.93. The number of methoxy groups -OCH3 is 1. The third-order valence-electron chi connectivity index (χ3n) is 2.66. The van der Waals surface area contributed by atoms with Gasteiger partial charge in [-0.1, -0.05) is 18.2 Å². The zero-order chi connectivity index (χ0) is 13.5. The first-order valence-electron chi connectivity index (χ1n) is 6.36. The Hall–Kier alpha value is -2.00. The minimum absolute atomic E-state index is 0.283. The van der Waals surface area contributed by atoms with E-state index in [1.807, 2.05) is 54.6 Å². The van der Waals surface area contributed by atoms with Gasteiger partial charge in [0.15, 0.2) is 0 Å². The van der Waals surface area contributed by atoms with Crippen molar-refractivity contribution in [3.63, 3.8) is 0 Å². The third-order valence-corrected chi connectivity index (χ3v) is 2.66. The lowest BCUT2D eigenvalue weighted by atomic mass is 10.2. The molecule has 0 aliphatic carbocycles. The third kappa shape index (κ3) is 4.30. The van der Waals surface area contributed by atoms with E-state index < -0.39 is 0 Å². The minimum Gasteiger partial charge on any atom is -0.457 e. The van der Waals surface area contributed by atoms with Gasteiger partial charge >= 0.3 is 0 Å². The monoisotopic (exact) mass is 257 g/mol. The molecule has 100 valence electrons. The number of para-hydroxylation sites is 1. The molecule has 3 heteroatoms. The van der Waals surface area contributed by atoms with Crippen molar-refractivity contribution in [3.05, 3.63) is 54.6 Å². The van der Waals surface area contributed by atoms with E-state index in [9.17, 15) is 0 Å². The standard InChI is InChI=1S/C16H19NO2/c1-13(12-18-2)17-14-8-10-16(11-9-14)19-15-6-4-3-5-7-15/h3-11,13,17H,12H2,1-2H3. The van der Waals surface area contributed by atoms with Crippen molar-refractivity contribution in [2.75, 3.05) is 19.0 Å². The summed E-state index contributed by atoms with van der Waals surface area (Å²) in [7, 11) is 1.70. The molecule has 1 atom stereocenters. The Morgan fingerprint density at radius 2 is 1.58 bits per heavy atom. The lowest BCUT2D eigenvalue weighted by molar-refractivity contribution is 0.190. The molecule has 0 spiro atoms. The Bertz CT molecular complexity index is 482. The van der Waals surface area contributed by atoms with Crippen LogP contribution in [0.3, 0.4) is 0 Å². The maximum absolute atomic E-state index is 5.73. The first kappa shape index (κ1) is 13.4. The van der Waals surface area contributed by atoms with Crippen molar-refractivity contribution in [1.82, 2.24) is 0 Å². The molecule has 0 radical (unpaired) electrons. The van der Waals surface area contributed by atoms with E-state index in [1.54, 1.807) is 7.11 Å². The fourth-order valence-corrected chi connectivity index (χ4v) is 1.82. The van der Waals surface area contributed by atoms with Crippen LogP contribution in [0.4, 0.5) is 5.69 Å². The van der Waals surface area contributed by atoms with Gasteiger partial charge in [-0.15, -0.1) is 0 Å². The van der Waals surface area contributed by atoms with Crippen LogP contribution in [-0.4, -0.2) is 19.8 Å². The number of nitrogens with one attached hydrogen (secondary N) is 1. The molecule has 0 amide bonds. The second-order valence-electron chi connectivity index (χ2n) is 4.44. The molecule has 0 fully saturated rings. The summed E-state index contributed by atoms with van der Waals surface area (Å²) in [6, 6.07) is 18.0. The highest BCUT2D eigenvalue weighted by Crippen LogP contribution is 2.22. The highest BCUT2D eigenvalue weighted by Gasteiger charge is 2.01. The van der Waals surface area contributed by atoms with Gasteiger partial charge in [0, 0.05) is 18.8 Å². The van der Waals surface area contributed by atoms with E-state index in [0.717, 1.165) is 17.2 Å². The van der Waals surface area contributed by atoms with Gasteiger partial charge in [0.2, 0.25) is 0 Å². The molecule has 0 saturated carbocycles. The molecule has 0 aliphatic rings.